The maximum Gasteiger partial charge on any atom is 0.319 e. The van der Waals surface area contributed by atoms with E-state index in [9.17, 15) is 4.79 Å². The van der Waals surface area contributed by atoms with Crippen LogP contribution in [0.5, 0.6) is 0 Å². The molecule has 0 aliphatic heterocycles. The zero-order valence-corrected chi connectivity index (χ0v) is 9.21. The Balaban J connectivity index is 2.34. The number of aryl methyl sites for hydroxylation is 1. The molecule has 1 heterocycles. The summed E-state index contributed by atoms with van der Waals surface area (Å²) in [4.78, 5) is 11.9. The zero-order chi connectivity index (χ0) is 10.9. The third-order valence-electron chi connectivity index (χ3n) is 3.10. The van der Waals surface area contributed by atoms with Crippen molar-refractivity contribution in [1.82, 2.24) is 0 Å². The molecule has 1 aliphatic rings. The molecule has 3 heteroatoms. The number of esters is 1. The van der Waals surface area contributed by atoms with E-state index in [1.54, 1.807) is 6.26 Å². The van der Waals surface area contributed by atoms with Crippen LogP contribution < -0.4 is 0 Å². The van der Waals surface area contributed by atoms with E-state index < -0.39 is 5.41 Å². The quantitative estimate of drug-likeness (QED) is 0.701. The third kappa shape index (κ3) is 1.56. The number of fused-ring (bicyclic) bond motifs is 1. The van der Waals surface area contributed by atoms with E-state index in [2.05, 4.69) is 0 Å². The molecule has 0 N–H and O–H groups in total. The molecule has 3 nitrogen and oxygen atoms in total. The van der Waals surface area contributed by atoms with Crippen molar-refractivity contribution in [3.63, 3.8) is 0 Å². The molecule has 0 aromatic carbocycles. The number of carbonyl (C=O) groups is 1. The number of furan rings is 1. The molecule has 1 aromatic rings. The predicted octanol–water partition coefficient (Wildman–Crippen LogP) is 2.44. The van der Waals surface area contributed by atoms with Crippen LogP contribution in [0.1, 0.15) is 38.0 Å². The van der Waals surface area contributed by atoms with Gasteiger partial charge in [0, 0.05) is 0 Å². The second-order valence-corrected chi connectivity index (χ2v) is 4.18. The van der Waals surface area contributed by atoms with Crippen LogP contribution in [0.2, 0.25) is 0 Å². The van der Waals surface area contributed by atoms with Gasteiger partial charge in [0.1, 0.15) is 11.2 Å². The second kappa shape index (κ2) is 3.72. The minimum absolute atomic E-state index is 0.166. The van der Waals surface area contributed by atoms with Crippen molar-refractivity contribution in [2.45, 2.75) is 38.5 Å². The van der Waals surface area contributed by atoms with Crippen molar-refractivity contribution >= 4 is 5.97 Å². The van der Waals surface area contributed by atoms with Gasteiger partial charge in [-0.25, -0.2) is 0 Å². The first kappa shape index (κ1) is 10.3. The fourth-order valence-corrected chi connectivity index (χ4v) is 2.25. The van der Waals surface area contributed by atoms with E-state index in [1.165, 1.54) is 0 Å². The van der Waals surface area contributed by atoms with Gasteiger partial charge in [-0.3, -0.25) is 4.79 Å². The summed E-state index contributed by atoms with van der Waals surface area (Å²) in [5, 5.41) is 0. The summed E-state index contributed by atoms with van der Waals surface area (Å²) in [7, 11) is 0. The largest absolute Gasteiger partial charge is 0.468 e. The third-order valence-corrected chi connectivity index (χ3v) is 3.10. The number of rotatable bonds is 2. The van der Waals surface area contributed by atoms with Crippen LogP contribution in [0.3, 0.4) is 0 Å². The van der Waals surface area contributed by atoms with Gasteiger partial charge >= 0.3 is 5.97 Å². The van der Waals surface area contributed by atoms with Crippen molar-refractivity contribution in [2.75, 3.05) is 6.61 Å². The molecule has 1 aromatic heterocycles. The molecular weight excluding hydrogens is 192 g/mol. The predicted molar refractivity (Wildman–Crippen MR) is 55.6 cm³/mol. The van der Waals surface area contributed by atoms with E-state index in [0.717, 1.165) is 30.6 Å². The van der Waals surface area contributed by atoms with E-state index in [4.69, 9.17) is 9.15 Å². The van der Waals surface area contributed by atoms with Gasteiger partial charge in [0.2, 0.25) is 0 Å². The molecule has 0 fully saturated rings. The highest BCUT2D eigenvalue weighted by atomic mass is 16.5. The van der Waals surface area contributed by atoms with Gasteiger partial charge in [-0.1, -0.05) is 0 Å². The molecule has 1 aliphatic carbocycles. The first-order valence-electron chi connectivity index (χ1n) is 5.42. The van der Waals surface area contributed by atoms with Crippen molar-refractivity contribution in [1.29, 1.82) is 0 Å². The lowest BCUT2D eigenvalue weighted by atomic mass is 9.76. The Bertz CT molecular complexity index is 367. The summed E-state index contributed by atoms with van der Waals surface area (Å²) >= 11 is 0. The van der Waals surface area contributed by atoms with Gasteiger partial charge in [0.05, 0.1) is 12.9 Å². The lowest BCUT2D eigenvalue weighted by molar-refractivity contribution is -0.150. The maximum atomic E-state index is 11.9. The number of carbonyl (C=O) groups excluding carboxylic acids is 1. The highest BCUT2D eigenvalue weighted by Crippen LogP contribution is 2.38. The molecule has 0 spiro atoms. The van der Waals surface area contributed by atoms with Crippen molar-refractivity contribution < 1.29 is 13.9 Å². The van der Waals surface area contributed by atoms with E-state index in [-0.39, 0.29) is 5.97 Å². The molecule has 1 unspecified atom stereocenters. The van der Waals surface area contributed by atoms with Gasteiger partial charge in [0.15, 0.2) is 0 Å². The minimum atomic E-state index is -0.576. The lowest BCUT2D eigenvalue weighted by Crippen LogP contribution is -2.37. The van der Waals surface area contributed by atoms with Crippen LogP contribution in [0.4, 0.5) is 0 Å². The molecule has 2 rings (SSSR count). The standard InChI is InChI=1S/C12H16O3/c1-3-14-11(13)12(2)7-4-5-9-6-8-15-10(9)12/h6,8H,3-5,7H2,1-2H3. The first-order valence-corrected chi connectivity index (χ1v) is 5.42. The van der Waals surface area contributed by atoms with Gasteiger partial charge in [-0.05, 0) is 44.7 Å². The molecule has 0 saturated heterocycles. The van der Waals surface area contributed by atoms with Crippen molar-refractivity contribution in [3.8, 4) is 0 Å². The van der Waals surface area contributed by atoms with E-state index >= 15 is 0 Å². The van der Waals surface area contributed by atoms with Crippen LogP contribution in [-0.2, 0) is 21.4 Å². The average molecular weight is 208 g/mol. The molecule has 0 saturated carbocycles. The highest BCUT2D eigenvalue weighted by molar-refractivity contribution is 5.82. The Kier molecular flexibility index (Phi) is 2.55. The summed E-state index contributed by atoms with van der Waals surface area (Å²) in [6.45, 7) is 4.16. The molecule has 0 amide bonds. The van der Waals surface area contributed by atoms with Gasteiger partial charge in [-0.2, -0.15) is 0 Å². The molecule has 82 valence electrons. The van der Waals surface area contributed by atoms with Gasteiger partial charge < -0.3 is 9.15 Å². The summed E-state index contributed by atoms with van der Waals surface area (Å²) < 4.78 is 10.5. The highest BCUT2D eigenvalue weighted by Gasteiger charge is 2.43. The molecule has 1 atom stereocenters. The van der Waals surface area contributed by atoms with Crippen LogP contribution in [0.15, 0.2) is 16.7 Å². The molecule has 15 heavy (non-hydrogen) atoms. The summed E-state index contributed by atoms with van der Waals surface area (Å²) in [6.07, 6.45) is 4.49. The molecular formula is C12H16O3. The average Bonchev–Trinajstić information content (AvgIpc) is 2.68. The first-order chi connectivity index (χ1) is 7.18. The monoisotopic (exact) mass is 208 g/mol. The zero-order valence-electron chi connectivity index (χ0n) is 9.21. The fraction of sp³-hybridized carbons (Fsp3) is 0.583. The Morgan fingerprint density at radius 1 is 1.67 bits per heavy atom. The number of hydrogen-bond acceptors (Lipinski definition) is 3. The van der Waals surface area contributed by atoms with Crippen LogP contribution in [0.25, 0.3) is 0 Å². The van der Waals surface area contributed by atoms with Gasteiger partial charge in [0.25, 0.3) is 0 Å². The van der Waals surface area contributed by atoms with E-state index in [0.29, 0.717) is 6.61 Å². The maximum absolute atomic E-state index is 11.9. The summed E-state index contributed by atoms with van der Waals surface area (Å²) in [6, 6.07) is 1.95. The molecule has 0 bridgehead atoms. The second-order valence-electron chi connectivity index (χ2n) is 4.18. The Hall–Kier alpha value is -1.25. The smallest absolute Gasteiger partial charge is 0.319 e. The van der Waals surface area contributed by atoms with Crippen molar-refractivity contribution in [2.24, 2.45) is 0 Å². The topological polar surface area (TPSA) is 39.4 Å². The summed E-state index contributed by atoms with van der Waals surface area (Å²) in [5.41, 5.74) is 0.574. The lowest BCUT2D eigenvalue weighted by Gasteiger charge is -2.29. The number of ether oxygens (including phenoxy) is 1. The van der Waals surface area contributed by atoms with Crippen LogP contribution in [0, 0.1) is 0 Å². The normalized spacial score (nSPS) is 24.7. The molecule has 0 radical (unpaired) electrons. The van der Waals surface area contributed by atoms with Crippen LogP contribution >= 0.6 is 0 Å². The Morgan fingerprint density at radius 2 is 2.47 bits per heavy atom. The fourth-order valence-electron chi connectivity index (χ4n) is 2.25. The number of hydrogen-bond donors (Lipinski definition) is 0. The minimum Gasteiger partial charge on any atom is -0.468 e. The summed E-state index contributed by atoms with van der Waals surface area (Å²) in [5.74, 6) is 0.633. The van der Waals surface area contributed by atoms with Gasteiger partial charge in [-0.15, -0.1) is 0 Å². The SMILES string of the molecule is CCOC(=O)C1(C)CCCc2ccoc21. The Labute approximate surface area is 89.4 Å². The van der Waals surface area contributed by atoms with Crippen LogP contribution in [-0.4, -0.2) is 12.6 Å². The van der Waals surface area contributed by atoms with Crippen molar-refractivity contribution in [3.05, 3.63) is 23.7 Å². The Morgan fingerprint density at radius 3 is 3.20 bits per heavy atom. The van der Waals surface area contributed by atoms with E-state index in [1.807, 2.05) is 19.9 Å².